The van der Waals surface area contributed by atoms with E-state index in [1.807, 2.05) is 0 Å². The first-order valence-corrected chi connectivity index (χ1v) is 6.98. The molecular weight excluding hydrogens is 281 g/mol. The number of rotatable bonds is 9. The summed E-state index contributed by atoms with van der Waals surface area (Å²) in [5, 5.41) is 0. The van der Waals surface area contributed by atoms with Crippen molar-refractivity contribution in [1.29, 1.82) is 0 Å². The van der Waals surface area contributed by atoms with Gasteiger partial charge in [-0.25, -0.2) is 4.57 Å². The number of quaternary nitrogens is 1. The zero-order valence-electron chi connectivity index (χ0n) is 10.9. The van der Waals surface area contributed by atoms with Crippen molar-refractivity contribution in [3.05, 3.63) is 0 Å². The molecule has 0 heterocycles. The van der Waals surface area contributed by atoms with E-state index in [1.54, 1.807) is 0 Å². The SMILES string of the molecule is CC(=O)OCC(COP(=O)(O)OCC[NH3+])OC(C)=O. The third-order valence-electron chi connectivity index (χ3n) is 1.63. The van der Waals surface area contributed by atoms with Crippen molar-refractivity contribution in [2.75, 3.05) is 26.4 Å². The number of phosphoric acid groups is 1. The van der Waals surface area contributed by atoms with Crippen LogP contribution in [-0.2, 0) is 32.7 Å². The summed E-state index contributed by atoms with van der Waals surface area (Å²) in [6.45, 7) is 1.88. The number of hydrogen-bond acceptors (Lipinski definition) is 7. The molecule has 112 valence electrons. The van der Waals surface area contributed by atoms with Gasteiger partial charge in [0.1, 0.15) is 13.2 Å². The van der Waals surface area contributed by atoms with Gasteiger partial charge in [-0.3, -0.25) is 18.6 Å². The van der Waals surface area contributed by atoms with Crippen molar-refractivity contribution in [2.24, 2.45) is 0 Å². The molecule has 0 rings (SSSR count). The first-order valence-electron chi connectivity index (χ1n) is 5.48. The predicted molar refractivity (Wildman–Crippen MR) is 61.7 cm³/mol. The van der Waals surface area contributed by atoms with Crippen LogP contribution in [0.4, 0.5) is 0 Å². The van der Waals surface area contributed by atoms with Crippen LogP contribution in [0.3, 0.4) is 0 Å². The van der Waals surface area contributed by atoms with E-state index >= 15 is 0 Å². The molecule has 19 heavy (non-hydrogen) atoms. The summed E-state index contributed by atoms with van der Waals surface area (Å²) in [5.74, 6) is -1.20. The fourth-order valence-corrected chi connectivity index (χ4v) is 1.74. The summed E-state index contributed by atoms with van der Waals surface area (Å²) < 4.78 is 29.9. The number of esters is 2. The monoisotopic (exact) mass is 300 g/mol. The molecule has 0 saturated carbocycles. The van der Waals surface area contributed by atoms with E-state index in [-0.39, 0.29) is 13.2 Å². The molecule has 0 aliphatic rings. The minimum absolute atomic E-state index is 0.0457. The Balaban J connectivity index is 4.26. The van der Waals surface area contributed by atoms with E-state index in [2.05, 4.69) is 19.5 Å². The van der Waals surface area contributed by atoms with E-state index in [9.17, 15) is 19.0 Å². The van der Waals surface area contributed by atoms with E-state index in [1.165, 1.54) is 6.92 Å². The summed E-state index contributed by atoms with van der Waals surface area (Å²) in [4.78, 5) is 30.7. The molecular formula is C9H19NO8P+. The Hall–Kier alpha value is -0.990. The van der Waals surface area contributed by atoms with E-state index < -0.39 is 32.5 Å². The van der Waals surface area contributed by atoms with E-state index in [4.69, 9.17) is 4.74 Å². The van der Waals surface area contributed by atoms with Crippen molar-refractivity contribution in [1.82, 2.24) is 0 Å². The molecule has 10 heteroatoms. The highest BCUT2D eigenvalue weighted by molar-refractivity contribution is 7.47. The normalized spacial score (nSPS) is 15.4. The fourth-order valence-electron chi connectivity index (χ4n) is 0.956. The summed E-state index contributed by atoms with van der Waals surface area (Å²) >= 11 is 0. The van der Waals surface area contributed by atoms with Crippen molar-refractivity contribution >= 4 is 19.8 Å². The molecule has 0 aliphatic heterocycles. The van der Waals surface area contributed by atoms with Gasteiger partial charge in [-0.05, 0) is 0 Å². The number of phosphoric ester groups is 1. The average Bonchev–Trinajstić information content (AvgIpc) is 2.29. The lowest BCUT2D eigenvalue weighted by molar-refractivity contribution is -0.371. The second-order valence-corrected chi connectivity index (χ2v) is 4.94. The van der Waals surface area contributed by atoms with Crippen LogP contribution >= 0.6 is 7.82 Å². The Labute approximate surface area is 110 Å². The lowest BCUT2D eigenvalue weighted by Crippen LogP contribution is -2.52. The zero-order chi connectivity index (χ0) is 14.9. The van der Waals surface area contributed by atoms with Crippen LogP contribution in [0.5, 0.6) is 0 Å². The lowest BCUT2D eigenvalue weighted by atomic mass is 10.4. The average molecular weight is 300 g/mol. The molecule has 0 aliphatic carbocycles. The maximum Gasteiger partial charge on any atom is 0.472 e. The van der Waals surface area contributed by atoms with E-state index in [0.717, 1.165) is 6.92 Å². The van der Waals surface area contributed by atoms with Crippen LogP contribution in [0.15, 0.2) is 0 Å². The van der Waals surface area contributed by atoms with Gasteiger partial charge in [-0.2, -0.15) is 0 Å². The summed E-state index contributed by atoms with van der Waals surface area (Å²) in [5.41, 5.74) is 3.43. The number of carbonyl (C=O) groups excluding carboxylic acids is 2. The Morgan fingerprint density at radius 2 is 1.84 bits per heavy atom. The first-order chi connectivity index (χ1) is 8.76. The molecule has 2 unspecified atom stereocenters. The molecule has 0 amide bonds. The van der Waals surface area contributed by atoms with Gasteiger partial charge in [0, 0.05) is 13.8 Å². The Morgan fingerprint density at radius 1 is 1.21 bits per heavy atom. The molecule has 0 radical (unpaired) electrons. The summed E-state index contributed by atoms with van der Waals surface area (Å²) in [6.07, 6.45) is -0.981. The molecule has 4 N–H and O–H groups in total. The standard InChI is InChI=1S/C9H18NO8P/c1-7(11)15-5-9(18-8(2)12)6-17-19(13,14)16-4-3-10/h9H,3-6,10H2,1-2H3,(H,13,14)/p+1. The Bertz CT molecular complexity index is 347. The molecule has 0 fully saturated rings. The molecule has 9 nitrogen and oxygen atoms in total. The molecule has 0 aromatic heterocycles. The van der Waals surface area contributed by atoms with Crippen molar-refractivity contribution in [2.45, 2.75) is 20.0 Å². The van der Waals surface area contributed by atoms with Gasteiger partial charge in [0.25, 0.3) is 0 Å². The number of ether oxygens (including phenoxy) is 2. The molecule has 0 spiro atoms. The maximum atomic E-state index is 11.3. The molecule has 2 atom stereocenters. The summed E-state index contributed by atoms with van der Waals surface area (Å²) in [7, 11) is -4.23. The third kappa shape index (κ3) is 10.6. The zero-order valence-corrected chi connectivity index (χ0v) is 11.8. The third-order valence-corrected chi connectivity index (χ3v) is 2.61. The largest absolute Gasteiger partial charge is 0.472 e. The maximum absolute atomic E-state index is 11.3. The molecule has 0 aromatic rings. The minimum atomic E-state index is -4.23. The molecule has 0 aromatic carbocycles. The first kappa shape index (κ1) is 18.0. The second-order valence-electron chi connectivity index (χ2n) is 3.49. The van der Waals surface area contributed by atoms with Gasteiger partial charge in [-0.15, -0.1) is 0 Å². The highest BCUT2D eigenvalue weighted by Crippen LogP contribution is 2.42. The van der Waals surface area contributed by atoms with Crippen LogP contribution in [0.25, 0.3) is 0 Å². The fraction of sp³-hybridized carbons (Fsp3) is 0.778. The topological polar surface area (TPSA) is 136 Å². The van der Waals surface area contributed by atoms with Crippen LogP contribution in [-0.4, -0.2) is 49.3 Å². The van der Waals surface area contributed by atoms with Crippen molar-refractivity contribution in [3.8, 4) is 0 Å². The van der Waals surface area contributed by atoms with Gasteiger partial charge in [0.05, 0.1) is 13.2 Å². The molecule has 0 saturated heterocycles. The lowest BCUT2D eigenvalue weighted by Gasteiger charge is -2.18. The Kier molecular flexibility index (Phi) is 8.53. The van der Waals surface area contributed by atoms with Gasteiger partial charge >= 0.3 is 19.8 Å². The van der Waals surface area contributed by atoms with E-state index in [0.29, 0.717) is 6.54 Å². The van der Waals surface area contributed by atoms with Gasteiger partial charge < -0.3 is 20.1 Å². The van der Waals surface area contributed by atoms with Gasteiger partial charge in [0.15, 0.2) is 6.10 Å². The molecule has 0 bridgehead atoms. The summed E-state index contributed by atoms with van der Waals surface area (Å²) in [6, 6.07) is 0. The van der Waals surface area contributed by atoms with Crippen LogP contribution in [0, 0.1) is 0 Å². The van der Waals surface area contributed by atoms with Crippen LogP contribution in [0.1, 0.15) is 13.8 Å². The smallest absolute Gasteiger partial charge is 0.462 e. The van der Waals surface area contributed by atoms with Crippen LogP contribution < -0.4 is 5.73 Å². The minimum Gasteiger partial charge on any atom is -0.462 e. The van der Waals surface area contributed by atoms with Crippen molar-refractivity contribution in [3.63, 3.8) is 0 Å². The quantitative estimate of drug-likeness (QED) is 0.402. The second kappa shape index (κ2) is 9.00. The predicted octanol–water partition coefficient (Wildman–Crippen LogP) is -1.14. The highest BCUT2D eigenvalue weighted by Gasteiger charge is 2.25. The van der Waals surface area contributed by atoms with Gasteiger partial charge in [0.2, 0.25) is 0 Å². The number of carbonyl (C=O) groups is 2. The Morgan fingerprint density at radius 3 is 2.32 bits per heavy atom. The van der Waals surface area contributed by atoms with Crippen molar-refractivity contribution < 1.29 is 43.3 Å². The number of hydrogen-bond donors (Lipinski definition) is 2. The van der Waals surface area contributed by atoms with Crippen LogP contribution in [0.2, 0.25) is 0 Å². The highest BCUT2D eigenvalue weighted by atomic mass is 31.2. The van der Waals surface area contributed by atoms with Gasteiger partial charge in [-0.1, -0.05) is 0 Å².